The smallest absolute Gasteiger partial charge is 0.226 e. The maximum Gasteiger partial charge on any atom is 0.226 e. The van der Waals surface area contributed by atoms with Crippen LogP contribution in [0.3, 0.4) is 0 Å². The summed E-state index contributed by atoms with van der Waals surface area (Å²) in [6.07, 6.45) is 3.52. The summed E-state index contributed by atoms with van der Waals surface area (Å²) < 4.78 is 6.99. The minimum atomic E-state index is -0.0218. The molecular weight excluding hydrogens is 270 g/mol. The summed E-state index contributed by atoms with van der Waals surface area (Å²) in [6.45, 7) is 2.09. The fourth-order valence-corrected chi connectivity index (χ4v) is 2.23. The average Bonchev–Trinajstić information content (AvgIpc) is 3.03. The first kappa shape index (κ1) is 13.7. The van der Waals surface area contributed by atoms with Gasteiger partial charge in [-0.1, -0.05) is 0 Å². The van der Waals surface area contributed by atoms with Crippen molar-refractivity contribution in [3.63, 3.8) is 0 Å². The van der Waals surface area contributed by atoms with Crippen molar-refractivity contribution < 1.29 is 9.53 Å². The fourth-order valence-electron chi connectivity index (χ4n) is 2.23. The zero-order chi connectivity index (χ0) is 14.5. The van der Waals surface area contributed by atoms with E-state index in [9.17, 15) is 4.79 Å². The molecule has 2 heterocycles. The van der Waals surface area contributed by atoms with Crippen LogP contribution in [0.1, 0.15) is 6.42 Å². The maximum atomic E-state index is 12.0. The molecule has 0 unspecified atom stereocenters. The Kier molecular flexibility index (Phi) is 4.23. The highest BCUT2D eigenvalue weighted by Gasteiger charge is 2.16. The summed E-state index contributed by atoms with van der Waals surface area (Å²) in [5.41, 5.74) is 1.66. The summed E-state index contributed by atoms with van der Waals surface area (Å²) >= 11 is 0. The molecule has 21 heavy (non-hydrogen) atoms. The van der Waals surface area contributed by atoms with E-state index in [1.807, 2.05) is 24.3 Å². The number of hydrogen-bond acceptors (Lipinski definition) is 5. The van der Waals surface area contributed by atoms with Crippen LogP contribution in [0.25, 0.3) is 5.69 Å². The molecule has 0 radical (unpaired) electrons. The highest BCUT2D eigenvalue weighted by Crippen LogP contribution is 2.13. The summed E-state index contributed by atoms with van der Waals surface area (Å²) in [6, 6.07) is 7.55. The van der Waals surface area contributed by atoms with Gasteiger partial charge >= 0.3 is 0 Å². The normalized spacial score (nSPS) is 18.4. The molecule has 1 atom stereocenters. The molecule has 2 aromatic rings. The van der Waals surface area contributed by atoms with Gasteiger partial charge in [0.05, 0.1) is 18.9 Å². The minimum Gasteiger partial charge on any atom is -0.378 e. The van der Waals surface area contributed by atoms with Crippen molar-refractivity contribution in [2.24, 2.45) is 0 Å². The predicted molar refractivity (Wildman–Crippen MR) is 77.2 cm³/mol. The Morgan fingerprint density at radius 1 is 1.43 bits per heavy atom. The number of ether oxygens (including phenoxy) is 1. The number of amides is 1. The van der Waals surface area contributed by atoms with Crippen LogP contribution < -0.4 is 10.6 Å². The van der Waals surface area contributed by atoms with E-state index in [0.29, 0.717) is 19.6 Å². The Labute approximate surface area is 122 Å². The van der Waals surface area contributed by atoms with Gasteiger partial charge in [0.2, 0.25) is 5.91 Å². The van der Waals surface area contributed by atoms with E-state index in [2.05, 4.69) is 20.7 Å². The molecular formula is C14H17N5O2. The lowest BCUT2D eigenvalue weighted by Gasteiger charge is -2.23. The molecule has 0 aliphatic carbocycles. The average molecular weight is 287 g/mol. The number of aromatic nitrogens is 3. The molecule has 1 aliphatic heterocycles. The summed E-state index contributed by atoms with van der Waals surface area (Å²) in [5.74, 6) is -0.0218. The van der Waals surface area contributed by atoms with E-state index in [4.69, 9.17) is 4.74 Å². The first-order valence-corrected chi connectivity index (χ1v) is 6.87. The van der Waals surface area contributed by atoms with Crippen LogP contribution in [0, 0.1) is 0 Å². The zero-order valence-electron chi connectivity index (χ0n) is 11.5. The van der Waals surface area contributed by atoms with E-state index in [1.165, 1.54) is 6.33 Å². The first-order chi connectivity index (χ1) is 10.3. The molecule has 1 aromatic carbocycles. The quantitative estimate of drug-likeness (QED) is 0.860. The lowest BCUT2D eigenvalue weighted by atomic mass is 10.2. The number of morpholine rings is 1. The van der Waals surface area contributed by atoms with Crippen molar-refractivity contribution in [1.29, 1.82) is 0 Å². The third-order valence-electron chi connectivity index (χ3n) is 3.26. The van der Waals surface area contributed by atoms with Gasteiger partial charge in [-0.05, 0) is 24.3 Å². The number of carbonyl (C=O) groups excluding carboxylic acids is 1. The van der Waals surface area contributed by atoms with Crippen LogP contribution in [0.15, 0.2) is 36.9 Å². The zero-order valence-corrected chi connectivity index (χ0v) is 11.5. The number of anilines is 1. The van der Waals surface area contributed by atoms with Crippen molar-refractivity contribution in [2.75, 3.05) is 25.1 Å². The van der Waals surface area contributed by atoms with Crippen LogP contribution in [-0.4, -0.2) is 46.5 Å². The Morgan fingerprint density at radius 2 is 2.29 bits per heavy atom. The molecule has 7 nitrogen and oxygen atoms in total. The van der Waals surface area contributed by atoms with Crippen LogP contribution >= 0.6 is 0 Å². The van der Waals surface area contributed by atoms with Gasteiger partial charge in [-0.3, -0.25) is 4.79 Å². The van der Waals surface area contributed by atoms with Crippen molar-refractivity contribution >= 4 is 11.6 Å². The monoisotopic (exact) mass is 287 g/mol. The van der Waals surface area contributed by atoms with Crippen molar-refractivity contribution in [3.8, 4) is 5.69 Å². The number of carbonyl (C=O) groups is 1. The molecule has 0 bridgehead atoms. The van der Waals surface area contributed by atoms with E-state index < -0.39 is 0 Å². The van der Waals surface area contributed by atoms with E-state index in [-0.39, 0.29) is 11.9 Å². The van der Waals surface area contributed by atoms with Crippen molar-refractivity contribution in [3.05, 3.63) is 36.9 Å². The third-order valence-corrected chi connectivity index (χ3v) is 3.26. The maximum absolute atomic E-state index is 12.0. The first-order valence-electron chi connectivity index (χ1n) is 6.87. The molecule has 2 N–H and O–H groups in total. The number of nitrogens with zero attached hydrogens (tertiary/aromatic N) is 3. The molecule has 7 heteroatoms. The Bertz CT molecular complexity index is 576. The molecule has 1 aliphatic rings. The standard InChI is InChI=1S/C14H17N5O2/c20-14(7-12-8-21-6-5-16-12)18-11-1-3-13(4-2-11)19-10-15-9-17-19/h1-4,9-10,12,16H,5-8H2,(H,18,20)/t12-/m1/s1. The second-order valence-corrected chi connectivity index (χ2v) is 4.87. The predicted octanol–water partition coefficient (Wildman–Crippen LogP) is 0.584. The Balaban J connectivity index is 1.56. The van der Waals surface area contributed by atoms with Gasteiger partial charge in [0, 0.05) is 24.7 Å². The minimum absolute atomic E-state index is 0.0218. The Morgan fingerprint density at radius 3 is 2.95 bits per heavy atom. The highest BCUT2D eigenvalue weighted by molar-refractivity contribution is 5.91. The van der Waals surface area contributed by atoms with Gasteiger partial charge < -0.3 is 15.4 Å². The Hall–Kier alpha value is -2.25. The van der Waals surface area contributed by atoms with Crippen LogP contribution in [0.5, 0.6) is 0 Å². The van der Waals surface area contributed by atoms with Crippen LogP contribution in [-0.2, 0) is 9.53 Å². The SMILES string of the molecule is O=C(C[C@@H]1COCCN1)Nc1ccc(-n2cncn2)cc1. The van der Waals surface area contributed by atoms with Crippen molar-refractivity contribution in [2.45, 2.75) is 12.5 Å². The number of benzene rings is 1. The number of nitrogens with one attached hydrogen (secondary N) is 2. The molecule has 1 saturated heterocycles. The lowest BCUT2D eigenvalue weighted by molar-refractivity contribution is -0.117. The lowest BCUT2D eigenvalue weighted by Crippen LogP contribution is -2.43. The van der Waals surface area contributed by atoms with Gasteiger partial charge in [-0.15, -0.1) is 0 Å². The molecule has 1 fully saturated rings. The largest absolute Gasteiger partial charge is 0.378 e. The second-order valence-electron chi connectivity index (χ2n) is 4.87. The summed E-state index contributed by atoms with van der Waals surface area (Å²) in [4.78, 5) is 15.9. The second kappa shape index (κ2) is 6.47. The molecule has 1 aromatic heterocycles. The molecule has 1 amide bonds. The van der Waals surface area contributed by atoms with Gasteiger partial charge in [-0.2, -0.15) is 5.10 Å². The van der Waals surface area contributed by atoms with Crippen molar-refractivity contribution in [1.82, 2.24) is 20.1 Å². The molecule has 0 saturated carbocycles. The summed E-state index contributed by atoms with van der Waals surface area (Å²) in [7, 11) is 0. The third kappa shape index (κ3) is 3.65. The fraction of sp³-hybridized carbons (Fsp3) is 0.357. The highest BCUT2D eigenvalue weighted by atomic mass is 16.5. The van der Waals surface area contributed by atoms with E-state index in [0.717, 1.165) is 17.9 Å². The van der Waals surface area contributed by atoms with Gasteiger partial charge in [-0.25, -0.2) is 9.67 Å². The van der Waals surface area contributed by atoms with E-state index >= 15 is 0 Å². The summed E-state index contributed by atoms with van der Waals surface area (Å²) in [5, 5.41) is 10.2. The van der Waals surface area contributed by atoms with E-state index in [1.54, 1.807) is 11.0 Å². The van der Waals surface area contributed by atoms with Gasteiger partial charge in [0.15, 0.2) is 0 Å². The van der Waals surface area contributed by atoms with Gasteiger partial charge in [0.1, 0.15) is 12.7 Å². The van der Waals surface area contributed by atoms with Crippen LogP contribution in [0.2, 0.25) is 0 Å². The topological polar surface area (TPSA) is 81.1 Å². The van der Waals surface area contributed by atoms with Crippen LogP contribution in [0.4, 0.5) is 5.69 Å². The molecule has 110 valence electrons. The number of hydrogen-bond donors (Lipinski definition) is 2. The van der Waals surface area contributed by atoms with Gasteiger partial charge in [0.25, 0.3) is 0 Å². The number of rotatable bonds is 4. The molecule has 0 spiro atoms. The molecule has 3 rings (SSSR count).